The van der Waals surface area contributed by atoms with Gasteiger partial charge in [-0.05, 0) is 25.0 Å². The molecule has 0 saturated carbocycles. The lowest BCUT2D eigenvalue weighted by Crippen LogP contribution is -2.59. The van der Waals surface area contributed by atoms with Crippen molar-refractivity contribution in [3.63, 3.8) is 0 Å². The van der Waals surface area contributed by atoms with Crippen molar-refractivity contribution in [2.45, 2.75) is 43.4 Å². The number of aliphatic hydroxyl groups excluding tert-OH is 1. The zero-order valence-corrected chi connectivity index (χ0v) is 14.7. The van der Waals surface area contributed by atoms with Gasteiger partial charge in [0.2, 0.25) is 5.91 Å². The molecule has 3 aliphatic rings. The Balaban J connectivity index is 1.53. The van der Waals surface area contributed by atoms with Gasteiger partial charge in [0.25, 0.3) is 0 Å². The summed E-state index contributed by atoms with van der Waals surface area (Å²) in [6.45, 7) is 1.90. The number of phenolic OH excluding ortho intramolecular Hbond substituents is 1. The average Bonchev–Trinajstić information content (AvgIpc) is 2.92. The molecule has 2 N–H and O–H groups in total. The van der Waals surface area contributed by atoms with Gasteiger partial charge < -0.3 is 15.1 Å². The molecule has 1 aromatic carbocycles. The molecular formula is C17H20Cl2N2O3. The molecule has 7 heteroatoms. The summed E-state index contributed by atoms with van der Waals surface area (Å²) in [5.41, 5.74) is 0.655. The number of fused-ring (bicyclic) bond motifs is 1. The van der Waals surface area contributed by atoms with Crippen LogP contribution in [0.25, 0.3) is 0 Å². The Hall–Kier alpha value is -1.01. The largest absolute Gasteiger partial charge is 0.508 e. The van der Waals surface area contributed by atoms with Crippen LogP contribution in [-0.4, -0.2) is 63.7 Å². The van der Waals surface area contributed by atoms with Crippen LogP contribution in [0, 0.1) is 0 Å². The van der Waals surface area contributed by atoms with E-state index in [-0.39, 0.29) is 35.8 Å². The maximum atomic E-state index is 12.5. The molecular weight excluding hydrogens is 351 g/mol. The minimum Gasteiger partial charge on any atom is -0.508 e. The molecule has 0 bridgehead atoms. The van der Waals surface area contributed by atoms with Crippen molar-refractivity contribution in [3.8, 4) is 5.75 Å². The summed E-state index contributed by atoms with van der Waals surface area (Å²) in [5.74, 6) is 0.299. The van der Waals surface area contributed by atoms with E-state index in [4.69, 9.17) is 23.2 Å². The van der Waals surface area contributed by atoms with Gasteiger partial charge in [0, 0.05) is 49.6 Å². The molecule has 130 valence electrons. The Morgan fingerprint density at radius 1 is 1.08 bits per heavy atom. The van der Waals surface area contributed by atoms with Crippen LogP contribution in [0.2, 0.25) is 10.0 Å². The Bertz CT molecular complexity index is 678. The summed E-state index contributed by atoms with van der Waals surface area (Å²) in [6.07, 6.45) is 1.95. The SMILES string of the molecule is O=C1C[C@@H](N2CC(O)C2)C[C@@H]2C[C@H](c3c(O)ccc(Cl)c3Cl)CN12. The van der Waals surface area contributed by atoms with Gasteiger partial charge in [-0.15, -0.1) is 0 Å². The highest BCUT2D eigenvalue weighted by Gasteiger charge is 2.45. The molecule has 0 unspecified atom stereocenters. The Morgan fingerprint density at radius 3 is 2.54 bits per heavy atom. The number of benzene rings is 1. The molecule has 0 aliphatic carbocycles. The summed E-state index contributed by atoms with van der Waals surface area (Å²) < 4.78 is 0. The molecule has 0 radical (unpaired) electrons. The van der Waals surface area contributed by atoms with Crippen molar-refractivity contribution in [3.05, 3.63) is 27.7 Å². The van der Waals surface area contributed by atoms with E-state index in [2.05, 4.69) is 4.90 Å². The zero-order valence-electron chi connectivity index (χ0n) is 13.2. The third-order valence-electron chi connectivity index (χ3n) is 5.61. The fourth-order valence-corrected chi connectivity index (χ4v) is 4.86. The second-order valence-corrected chi connectivity index (χ2v) is 7.91. The van der Waals surface area contributed by atoms with Crippen molar-refractivity contribution in [1.82, 2.24) is 9.80 Å². The number of hydrogen-bond acceptors (Lipinski definition) is 4. The average molecular weight is 371 g/mol. The van der Waals surface area contributed by atoms with Crippen LogP contribution in [0.3, 0.4) is 0 Å². The van der Waals surface area contributed by atoms with Gasteiger partial charge in [0.15, 0.2) is 0 Å². The maximum absolute atomic E-state index is 12.5. The van der Waals surface area contributed by atoms with E-state index >= 15 is 0 Å². The molecule has 3 atom stereocenters. The lowest BCUT2D eigenvalue weighted by atomic mass is 9.90. The molecule has 5 nitrogen and oxygen atoms in total. The summed E-state index contributed by atoms with van der Waals surface area (Å²) in [7, 11) is 0. The number of aromatic hydroxyl groups is 1. The van der Waals surface area contributed by atoms with Crippen LogP contribution in [0.15, 0.2) is 12.1 Å². The number of amides is 1. The predicted octanol–water partition coefficient (Wildman–Crippen LogP) is 2.22. The van der Waals surface area contributed by atoms with Gasteiger partial charge in [-0.25, -0.2) is 0 Å². The van der Waals surface area contributed by atoms with Crippen molar-refractivity contribution in [2.75, 3.05) is 19.6 Å². The fourth-order valence-electron chi connectivity index (χ4n) is 4.38. The van der Waals surface area contributed by atoms with Crippen LogP contribution in [0.1, 0.15) is 30.7 Å². The van der Waals surface area contributed by atoms with E-state index in [0.29, 0.717) is 41.7 Å². The molecule has 3 saturated heterocycles. The van der Waals surface area contributed by atoms with Crippen molar-refractivity contribution < 1.29 is 15.0 Å². The number of phenols is 1. The first-order valence-corrected chi connectivity index (χ1v) is 9.08. The maximum Gasteiger partial charge on any atom is 0.224 e. The number of β-amino-alcohol motifs (C(OH)–C–C–N with tert-alkyl or cyclic N) is 1. The summed E-state index contributed by atoms with van der Waals surface area (Å²) >= 11 is 12.4. The van der Waals surface area contributed by atoms with E-state index in [1.54, 1.807) is 12.1 Å². The third kappa shape index (κ3) is 2.68. The fraction of sp³-hybridized carbons (Fsp3) is 0.588. The Kier molecular flexibility index (Phi) is 4.15. The molecule has 1 amide bonds. The van der Waals surface area contributed by atoms with Crippen LogP contribution in [-0.2, 0) is 4.79 Å². The van der Waals surface area contributed by atoms with Gasteiger partial charge in [-0.1, -0.05) is 23.2 Å². The number of likely N-dealkylation sites (tertiary alicyclic amines) is 1. The van der Waals surface area contributed by atoms with E-state index < -0.39 is 0 Å². The van der Waals surface area contributed by atoms with Gasteiger partial charge in [-0.2, -0.15) is 0 Å². The second-order valence-electron chi connectivity index (χ2n) is 7.13. The van der Waals surface area contributed by atoms with E-state index in [0.717, 1.165) is 12.8 Å². The highest BCUT2D eigenvalue weighted by atomic mass is 35.5. The van der Waals surface area contributed by atoms with Gasteiger partial charge in [0.1, 0.15) is 5.75 Å². The second kappa shape index (κ2) is 6.06. The Morgan fingerprint density at radius 2 is 1.83 bits per heavy atom. The molecule has 1 aromatic rings. The highest BCUT2D eigenvalue weighted by Crippen LogP contribution is 2.45. The molecule has 0 spiro atoms. The summed E-state index contributed by atoms with van der Waals surface area (Å²) in [6, 6.07) is 3.52. The minimum atomic E-state index is -0.253. The smallest absolute Gasteiger partial charge is 0.224 e. The molecule has 3 fully saturated rings. The number of nitrogens with zero attached hydrogens (tertiary/aromatic N) is 2. The standard InChI is InChI=1S/C17H20Cl2N2O3/c18-13-1-2-14(23)16(17(13)19)9-3-11-4-10(20-7-12(22)8-20)5-15(24)21(11)6-9/h1-2,9-12,22-23H,3-8H2/t9-,10-,11-/m0/s1. The first-order valence-electron chi connectivity index (χ1n) is 8.32. The number of hydrogen-bond donors (Lipinski definition) is 2. The molecule has 3 heterocycles. The van der Waals surface area contributed by atoms with Gasteiger partial charge in [0.05, 0.1) is 16.1 Å². The number of rotatable bonds is 2. The first kappa shape index (κ1) is 16.5. The van der Waals surface area contributed by atoms with Crippen molar-refractivity contribution >= 4 is 29.1 Å². The summed E-state index contributed by atoms with van der Waals surface area (Å²) in [5, 5.41) is 20.5. The monoisotopic (exact) mass is 370 g/mol. The van der Waals surface area contributed by atoms with Crippen LogP contribution < -0.4 is 0 Å². The lowest BCUT2D eigenvalue weighted by molar-refractivity contribution is -0.140. The minimum absolute atomic E-state index is 0.00545. The zero-order chi connectivity index (χ0) is 17.0. The third-order valence-corrected chi connectivity index (χ3v) is 6.43. The van der Waals surface area contributed by atoms with E-state index in [1.165, 1.54) is 0 Å². The van der Waals surface area contributed by atoms with Gasteiger partial charge >= 0.3 is 0 Å². The molecule has 24 heavy (non-hydrogen) atoms. The quantitative estimate of drug-likeness (QED) is 0.837. The number of carbonyl (C=O) groups excluding carboxylic acids is 1. The van der Waals surface area contributed by atoms with E-state index in [9.17, 15) is 15.0 Å². The van der Waals surface area contributed by atoms with Crippen LogP contribution >= 0.6 is 23.2 Å². The van der Waals surface area contributed by atoms with Crippen LogP contribution in [0.4, 0.5) is 0 Å². The first-order chi connectivity index (χ1) is 11.4. The number of aliphatic hydroxyl groups is 1. The number of carbonyl (C=O) groups is 1. The van der Waals surface area contributed by atoms with Crippen molar-refractivity contribution in [2.24, 2.45) is 0 Å². The van der Waals surface area contributed by atoms with Crippen molar-refractivity contribution in [1.29, 1.82) is 0 Å². The Labute approximate surface area is 150 Å². The topological polar surface area (TPSA) is 64.0 Å². The number of halogens is 2. The predicted molar refractivity (Wildman–Crippen MR) is 91.6 cm³/mol. The normalized spacial score (nSPS) is 31.2. The van der Waals surface area contributed by atoms with E-state index in [1.807, 2.05) is 4.90 Å². The number of piperidine rings is 1. The molecule has 4 rings (SSSR count). The van der Waals surface area contributed by atoms with Gasteiger partial charge in [-0.3, -0.25) is 9.69 Å². The molecule has 3 aliphatic heterocycles. The highest BCUT2D eigenvalue weighted by molar-refractivity contribution is 6.42. The summed E-state index contributed by atoms with van der Waals surface area (Å²) in [4.78, 5) is 16.7. The van der Waals surface area contributed by atoms with Crippen LogP contribution in [0.5, 0.6) is 5.75 Å². The molecule has 0 aromatic heterocycles. The lowest BCUT2D eigenvalue weighted by Gasteiger charge is -2.46.